The molecule has 0 saturated heterocycles. The highest BCUT2D eigenvalue weighted by Crippen LogP contribution is 2.43. The van der Waals surface area contributed by atoms with Crippen molar-refractivity contribution in [2.24, 2.45) is 0 Å². The molecule has 0 spiro atoms. The molecule has 0 saturated carbocycles. The number of benzene rings is 1. The van der Waals surface area contributed by atoms with Gasteiger partial charge in [-0.25, -0.2) is 24.1 Å². The highest BCUT2D eigenvalue weighted by Gasteiger charge is 2.40. The molecule has 3 rings (SSSR count). The standard InChI is InChI=1S/C15H8F3N3O4/c16-15(17,18)11-8-2-1-7(13(22)23)5-10(8)21(14(24)25)12(11)9-3-4-19-6-20-9/h1-6H,(H,22,23)(H,24,25). The first-order valence-corrected chi connectivity index (χ1v) is 6.70. The van der Waals surface area contributed by atoms with Crippen LogP contribution in [-0.2, 0) is 6.18 Å². The second-order valence-electron chi connectivity index (χ2n) is 4.97. The molecular formula is C15H8F3N3O4. The Morgan fingerprint density at radius 1 is 1.12 bits per heavy atom. The number of aromatic carboxylic acids is 1. The third kappa shape index (κ3) is 2.67. The predicted molar refractivity (Wildman–Crippen MR) is 78.3 cm³/mol. The van der Waals surface area contributed by atoms with E-state index in [1.54, 1.807) is 0 Å². The minimum absolute atomic E-state index is 0.252. The number of hydrogen-bond acceptors (Lipinski definition) is 4. The molecule has 7 nitrogen and oxygen atoms in total. The van der Waals surface area contributed by atoms with Crippen LogP contribution in [0.3, 0.4) is 0 Å². The molecule has 2 N–H and O–H groups in total. The van der Waals surface area contributed by atoms with Crippen LogP contribution in [0.1, 0.15) is 15.9 Å². The van der Waals surface area contributed by atoms with Gasteiger partial charge in [0.05, 0.1) is 28.0 Å². The van der Waals surface area contributed by atoms with E-state index in [1.165, 1.54) is 6.20 Å². The van der Waals surface area contributed by atoms with Gasteiger partial charge in [-0.15, -0.1) is 0 Å². The molecule has 1 aromatic carbocycles. The number of alkyl halides is 3. The van der Waals surface area contributed by atoms with Gasteiger partial charge in [-0.2, -0.15) is 13.2 Å². The van der Waals surface area contributed by atoms with Crippen LogP contribution in [0.4, 0.5) is 18.0 Å². The smallest absolute Gasteiger partial charge is 0.419 e. The molecule has 0 fully saturated rings. The Hall–Kier alpha value is -3.43. The molecule has 10 heteroatoms. The lowest BCUT2D eigenvalue weighted by atomic mass is 10.1. The Morgan fingerprint density at radius 2 is 1.84 bits per heavy atom. The monoisotopic (exact) mass is 351 g/mol. The van der Waals surface area contributed by atoms with Gasteiger partial charge in [0.15, 0.2) is 0 Å². The van der Waals surface area contributed by atoms with Gasteiger partial charge in [0, 0.05) is 11.6 Å². The average Bonchev–Trinajstić information content (AvgIpc) is 2.90. The second kappa shape index (κ2) is 5.58. The van der Waals surface area contributed by atoms with Crippen LogP contribution in [0.25, 0.3) is 22.3 Å². The molecular weight excluding hydrogens is 343 g/mol. The van der Waals surface area contributed by atoms with Crippen LogP contribution in [-0.4, -0.2) is 36.8 Å². The van der Waals surface area contributed by atoms with E-state index in [4.69, 9.17) is 5.11 Å². The summed E-state index contributed by atoms with van der Waals surface area (Å²) in [5.74, 6) is -1.39. The molecule has 0 bridgehead atoms. The summed E-state index contributed by atoms with van der Waals surface area (Å²) in [5.41, 5.74) is -2.89. The van der Waals surface area contributed by atoms with E-state index in [2.05, 4.69) is 9.97 Å². The minimum atomic E-state index is -4.88. The average molecular weight is 351 g/mol. The lowest BCUT2D eigenvalue weighted by molar-refractivity contribution is -0.135. The van der Waals surface area contributed by atoms with Gasteiger partial charge >= 0.3 is 18.2 Å². The van der Waals surface area contributed by atoms with Crippen LogP contribution in [0.2, 0.25) is 0 Å². The summed E-state index contributed by atoms with van der Waals surface area (Å²) in [7, 11) is 0. The number of carboxylic acid groups (broad SMARTS) is 2. The summed E-state index contributed by atoms with van der Waals surface area (Å²) < 4.78 is 41.3. The van der Waals surface area contributed by atoms with Crippen LogP contribution >= 0.6 is 0 Å². The molecule has 0 atom stereocenters. The fourth-order valence-electron chi connectivity index (χ4n) is 2.58. The summed E-state index contributed by atoms with van der Waals surface area (Å²) in [6.45, 7) is 0. The molecule has 0 amide bonds. The summed E-state index contributed by atoms with van der Waals surface area (Å²) >= 11 is 0. The highest BCUT2D eigenvalue weighted by atomic mass is 19.4. The molecule has 0 radical (unpaired) electrons. The Morgan fingerprint density at radius 3 is 2.36 bits per heavy atom. The molecule has 3 aromatic rings. The van der Waals surface area contributed by atoms with E-state index < -0.39 is 40.4 Å². The number of carbonyl (C=O) groups is 2. The van der Waals surface area contributed by atoms with Crippen molar-refractivity contribution in [2.45, 2.75) is 6.18 Å². The number of fused-ring (bicyclic) bond motifs is 1. The lowest BCUT2D eigenvalue weighted by Crippen LogP contribution is -2.13. The Balaban J connectivity index is 2.53. The normalized spacial score (nSPS) is 11.6. The van der Waals surface area contributed by atoms with Gasteiger partial charge in [-0.05, 0) is 18.2 Å². The summed E-state index contributed by atoms with van der Waals surface area (Å²) in [5, 5.41) is 18.0. The van der Waals surface area contributed by atoms with Crippen LogP contribution in [0.5, 0.6) is 0 Å². The van der Waals surface area contributed by atoms with Gasteiger partial charge in [-0.3, -0.25) is 0 Å². The van der Waals surface area contributed by atoms with Crippen molar-refractivity contribution < 1.29 is 33.0 Å². The molecule has 0 aliphatic carbocycles. The second-order valence-corrected chi connectivity index (χ2v) is 4.97. The number of aromatic nitrogens is 3. The van der Waals surface area contributed by atoms with Crippen LogP contribution in [0, 0.1) is 0 Å². The SMILES string of the molecule is O=C(O)c1ccc2c(C(F)(F)F)c(-c3ccncn3)n(C(=O)O)c2c1. The quantitative estimate of drug-likeness (QED) is 0.734. The first-order valence-electron chi connectivity index (χ1n) is 6.70. The van der Waals surface area contributed by atoms with E-state index in [0.29, 0.717) is 4.57 Å². The van der Waals surface area contributed by atoms with Crippen LogP contribution in [0.15, 0.2) is 36.8 Å². The third-order valence-corrected chi connectivity index (χ3v) is 3.51. The van der Waals surface area contributed by atoms with Crippen LogP contribution < -0.4 is 0 Å². The number of carboxylic acids is 1. The highest BCUT2D eigenvalue weighted by molar-refractivity contribution is 6.02. The Bertz CT molecular complexity index is 997. The fourth-order valence-corrected chi connectivity index (χ4v) is 2.58. The zero-order valence-corrected chi connectivity index (χ0v) is 12.2. The predicted octanol–water partition coefficient (Wildman–Crippen LogP) is 3.34. The minimum Gasteiger partial charge on any atom is -0.478 e. The van der Waals surface area contributed by atoms with E-state index in [-0.39, 0.29) is 11.3 Å². The first kappa shape index (κ1) is 16.4. The largest absolute Gasteiger partial charge is 0.478 e. The summed E-state index contributed by atoms with van der Waals surface area (Å²) in [6.07, 6.45) is -4.42. The van der Waals surface area contributed by atoms with Crippen molar-refractivity contribution in [1.29, 1.82) is 0 Å². The number of halogens is 3. The summed E-state index contributed by atoms with van der Waals surface area (Å²) in [6, 6.07) is 3.94. The van der Waals surface area contributed by atoms with Gasteiger partial charge < -0.3 is 10.2 Å². The maximum Gasteiger partial charge on any atom is 0.419 e. The molecule has 0 aliphatic heterocycles. The lowest BCUT2D eigenvalue weighted by Gasteiger charge is -2.10. The number of hydrogen-bond donors (Lipinski definition) is 2. The zero-order valence-electron chi connectivity index (χ0n) is 12.2. The van der Waals surface area contributed by atoms with Crippen molar-refractivity contribution in [3.63, 3.8) is 0 Å². The van der Waals surface area contributed by atoms with E-state index in [0.717, 1.165) is 30.6 Å². The van der Waals surface area contributed by atoms with E-state index >= 15 is 0 Å². The molecule has 25 heavy (non-hydrogen) atoms. The zero-order chi connectivity index (χ0) is 18.4. The van der Waals surface area contributed by atoms with Crippen molar-refractivity contribution in [3.8, 4) is 11.4 Å². The van der Waals surface area contributed by atoms with Gasteiger partial charge in [-0.1, -0.05) is 6.07 Å². The molecule has 2 heterocycles. The molecule has 2 aromatic heterocycles. The Kier molecular flexibility index (Phi) is 3.67. The fraction of sp³-hybridized carbons (Fsp3) is 0.0667. The van der Waals surface area contributed by atoms with Gasteiger partial charge in [0.2, 0.25) is 0 Å². The van der Waals surface area contributed by atoms with Crippen molar-refractivity contribution >= 4 is 23.0 Å². The molecule has 128 valence electrons. The van der Waals surface area contributed by atoms with Gasteiger partial charge in [0.25, 0.3) is 0 Å². The number of nitrogens with zero attached hydrogens (tertiary/aromatic N) is 3. The van der Waals surface area contributed by atoms with Gasteiger partial charge in [0.1, 0.15) is 6.33 Å². The Labute approximate surface area is 137 Å². The molecule has 0 unspecified atom stereocenters. The van der Waals surface area contributed by atoms with E-state index in [9.17, 15) is 27.9 Å². The number of rotatable bonds is 2. The van der Waals surface area contributed by atoms with E-state index in [1.807, 2.05) is 0 Å². The van der Waals surface area contributed by atoms with Crippen molar-refractivity contribution in [3.05, 3.63) is 47.9 Å². The topological polar surface area (TPSA) is 105 Å². The molecule has 0 aliphatic rings. The van der Waals surface area contributed by atoms with Crippen molar-refractivity contribution in [1.82, 2.24) is 14.5 Å². The maximum absolute atomic E-state index is 13.6. The third-order valence-electron chi connectivity index (χ3n) is 3.51. The van der Waals surface area contributed by atoms with Crippen molar-refractivity contribution in [2.75, 3.05) is 0 Å². The summed E-state index contributed by atoms with van der Waals surface area (Å²) in [4.78, 5) is 30.0. The first-order chi connectivity index (χ1) is 11.7. The maximum atomic E-state index is 13.6.